The number of anilines is 1. The summed E-state index contributed by atoms with van der Waals surface area (Å²) < 4.78 is 4.76. The number of hydrazine groups is 1. The molecule has 7 nitrogen and oxygen atoms in total. The molecule has 2 rings (SSSR count). The molecule has 2 aromatic heterocycles. The van der Waals surface area contributed by atoms with Crippen molar-refractivity contribution < 1.29 is 14.3 Å². The van der Waals surface area contributed by atoms with Gasteiger partial charge >= 0.3 is 5.97 Å². The summed E-state index contributed by atoms with van der Waals surface area (Å²) in [4.78, 5) is 28.6. The maximum absolute atomic E-state index is 11.9. The quantitative estimate of drug-likeness (QED) is 0.435. The van der Waals surface area contributed by atoms with Crippen LogP contribution in [0.2, 0.25) is 0 Å². The molecular weight excluding hydrogens is 348 g/mol. The fourth-order valence-electron chi connectivity index (χ4n) is 1.79. The number of rotatable bonds is 4. The van der Waals surface area contributed by atoms with Crippen LogP contribution in [0.4, 0.5) is 5.00 Å². The SMILES string of the molecule is CCc1cc(C(=O)OC)c(NC(=S)NNC(=O)c2cccnc2)s1. The molecule has 0 saturated heterocycles. The van der Waals surface area contributed by atoms with Crippen molar-refractivity contribution in [3.8, 4) is 0 Å². The minimum absolute atomic E-state index is 0.155. The number of hydrogen-bond acceptors (Lipinski definition) is 6. The minimum Gasteiger partial charge on any atom is -0.465 e. The van der Waals surface area contributed by atoms with E-state index in [9.17, 15) is 9.59 Å². The number of methoxy groups -OCH3 is 1. The van der Waals surface area contributed by atoms with E-state index >= 15 is 0 Å². The molecule has 0 unspecified atom stereocenters. The molecule has 0 saturated carbocycles. The molecule has 0 aromatic carbocycles. The molecule has 0 spiro atoms. The Labute approximate surface area is 148 Å². The van der Waals surface area contributed by atoms with Gasteiger partial charge in [0.05, 0.1) is 18.2 Å². The van der Waals surface area contributed by atoms with Gasteiger partial charge in [-0.15, -0.1) is 11.3 Å². The highest BCUT2D eigenvalue weighted by atomic mass is 32.1. The average Bonchev–Trinajstić information content (AvgIpc) is 3.02. The van der Waals surface area contributed by atoms with Gasteiger partial charge in [0.15, 0.2) is 5.11 Å². The van der Waals surface area contributed by atoms with Gasteiger partial charge in [-0.25, -0.2) is 4.79 Å². The maximum Gasteiger partial charge on any atom is 0.340 e. The Morgan fingerprint density at radius 3 is 2.79 bits per heavy atom. The topological polar surface area (TPSA) is 92.4 Å². The smallest absolute Gasteiger partial charge is 0.340 e. The van der Waals surface area contributed by atoms with Crippen LogP contribution in [0.25, 0.3) is 0 Å². The van der Waals surface area contributed by atoms with Crippen molar-refractivity contribution in [1.82, 2.24) is 15.8 Å². The van der Waals surface area contributed by atoms with Gasteiger partial charge in [-0.1, -0.05) is 6.92 Å². The Balaban J connectivity index is 1.98. The number of aromatic nitrogens is 1. The molecule has 0 aliphatic heterocycles. The van der Waals surface area contributed by atoms with Gasteiger partial charge in [0.1, 0.15) is 5.00 Å². The average molecular weight is 364 g/mol. The first-order valence-corrected chi connectivity index (χ1v) is 8.26. The molecule has 0 aliphatic rings. The number of aryl methyl sites for hydroxylation is 1. The largest absolute Gasteiger partial charge is 0.465 e. The van der Waals surface area contributed by atoms with Gasteiger partial charge in [-0.2, -0.15) is 0 Å². The third-order valence-electron chi connectivity index (χ3n) is 2.98. The summed E-state index contributed by atoms with van der Waals surface area (Å²) in [6.07, 6.45) is 3.80. The number of esters is 1. The van der Waals surface area contributed by atoms with E-state index in [2.05, 4.69) is 21.2 Å². The van der Waals surface area contributed by atoms with Crippen molar-refractivity contribution in [2.75, 3.05) is 12.4 Å². The lowest BCUT2D eigenvalue weighted by Crippen LogP contribution is -2.43. The van der Waals surface area contributed by atoms with E-state index in [4.69, 9.17) is 17.0 Å². The Hall–Kier alpha value is -2.52. The number of hydrogen-bond donors (Lipinski definition) is 3. The highest BCUT2D eigenvalue weighted by Crippen LogP contribution is 2.29. The van der Waals surface area contributed by atoms with E-state index in [1.165, 1.54) is 24.6 Å². The Kier molecular flexibility index (Phi) is 6.21. The summed E-state index contributed by atoms with van der Waals surface area (Å²) in [5.41, 5.74) is 5.85. The second-order valence-corrected chi connectivity index (χ2v) is 6.12. The second-order valence-electron chi connectivity index (χ2n) is 4.58. The standard InChI is InChI=1S/C15H16N4O3S2/c1-3-10-7-11(14(21)22-2)13(24-10)17-15(23)19-18-12(20)9-5-4-6-16-8-9/h4-8H,3H2,1-2H3,(H,18,20)(H2,17,19,23). The first-order valence-electron chi connectivity index (χ1n) is 7.03. The van der Waals surface area contributed by atoms with Crippen LogP contribution in [0.15, 0.2) is 30.6 Å². The summed E-state index contributed by atoms with van der Waals surface area (Å²) in [7, 11) is 1.32. The zero-order chi connectivity index (χ0) is 17.5. The predicted octanol–water partition coefficient (Wildman–Crippen LogP) is 2.12. The molecule has 126 valence electrons. The van der Waals surface area contributed by atoms with E-state index in [1.807, 2.05) is 6.92 Å². The van der Waals surface area contributed by atoms with Crippen LogP contribution in [0.1, 0.15) is 32.5 Å². The number of nitrogens with one attached hydrogen (secondary N) is 3. The summed E-state index contributed by atoms with van der Waals surface area (Å²) in [6, 6.07) is 5.05. The Morgan fingerprint density at radius 1 is 1.38 bits per heavy atom. The van der Waals surface area contributed by atoms with Gasteiger partial charge in [0.2, 0.25) is 0 Å². The Morgan fingerprint density at radius 2 is 2.17 bits per heavy atom. The van der Waals surface area contributed by atoms with Crippen molar-refractivity contribution in [1.29, 1.82) is 0 Å². The number of nitrogens with zero attached hydrogens (tertiary/aromatic N) is 1. The van der Waals surface area contributed by atoms with Crippen LogP contribution in [-0.2, 0) is 11.2 Å². The Bertz CT molecular complexity index is 746. The van der Waals surface area contributed by atoms with E-state index in [-0.39, 0.29) is 11.0 Å². The molecule has 2 aromatic rings. The number of amides is 1. The number of carbonyl (C=O) groups is 2. The van der Waals surface area contributed by atoms with Crippen molar-refractivity contribution >= 4 is 45.5 Å². The lowest BCUT2D eigenvalue weighted by Gasteiger charge is -2.11. The number of thiophene rings is 1. The zero-order valence-electron chi connectivity index (χ0n) is 13.1. The fraction of sp³-hybridized carbons (Fsp3) is 0.200. The van der Waals surface area contributed by atoms with E-state index in [1.54, 1.807) is 24.4 Å². The lowest BCUT2D eigenvalue weighted by atomic mass is 10.2. The molecule has 0 radical (unpaired) electrons. The normalized spacial score (nSPS) is 9.92. The van der Waals surface area contributed by atoms with Crippen LogP contribution in [0.5, 0.6) is 0 Å². The molecule has 24 heavy (non-hydrogen) atoms. The lowest BCUT2D eigenvalue weighted by molar-refractivity contribution is 0.0602. The van der Waals surface area contributed by atoms with Gasteiger partial charge in [0, 0.05) is 17.3 Å². The summed E-state index contributed by atoms with van der Waals surface area (Å²) in [5, 5.41) is 3.61. The van der Waals surface area contributed by atoms with Crippen LogP contribution >= 0.6 is 23.6 Å². The molecule has 0 atom stereocenters. The monoisotopic (exact) mass is 364 g/mol. The third kappa shape index (κ3) is 4.49. The molecule has 3 N–H and O–H groups in total. The first-order chi connectivity index (χ1) is 11.5. The van der Waals surface area contributed by atoms with Gasteiger partial charge < -0.3 is 10.1 Å². The van der Waals surface area contributed by atoms with Crippen molar-refractivity contribution in [3.63, 3.8) is 0 Å². The molecule has 0 fully saturated rings. The minimum atomic E-state index is -0.448. The van der Waals surface area contributed by atoms with E-state index in [0.29, 0.717) is 16.1 Å². The zero-order valence-corrected chi connectivity index (χ0v) is 14.7. The first kappa shape index (κ1) is 17.8. The molecule has 0 bridgehead atoms. The van der Waals surface area contributed by atoms with Crippen molar-refractivity contribution in [2.24, 2.45) is 0 Å². The number of pyridine rings is 1. The summed E-state index contributed by atoms with van der Waals surface area (Å²) in [6.45, 7) is 1.99. The third-order valence-corrected chi connectivity index (χ3v) is 4.38. The predicted molar refractivity (Wildman–Crippen MR) is 96.1 cm³/mol. The van der Waals surface area contributed by atoms with E-state index < -0.39 is 5.97 Å². The van der Waals surface area contributed by atoms with Crippen molar-refractivity contribution in [2.45, 2.75) is 13.3 Å². The van der Waals surface area contributed by atoms with E-state index in [0.717, 1.165) is 11.3 Å². The molecule has 9 heteroatoms. The highest BCUT2D eigenvalue weighted by molar-refractivity contribution is 7.80. The van der Waals surface area contributed by atoms with Crippen LogP contribution < -0.4 is 16.2 Å². The van der Waals surface area contributed by atoms with Crippen molar-refractivity contribution in [3.05, 3.63) is 46.6 Å². The van der Waals surface area contributed by atoms with Crippen LogP contribution in [-0.4, -0.2) is 29.1 Å². The molecule has 1 amide bonds. The fourth-order valence-corrected chi connectivity index (χ4v) is 2.99. The maximum atomic E-state index is 11.9. The molecule has 0 aliphatic carbocycles. The highest BCUT2D eigenvalue weighted by Gasteiger charge is 2.17. The number of ether oxygens (including phenoxy) is 1. The summed E-state index contributed by atoms with van der Waals surface area (Å²) >= 11 is 6.53. The number of carbonyl (C=O) groups excluding carboxylic acids is 2. The second kappa shape index (κ2) is 8.37. The van der Waals surface area contributed by atoms with Crippen LogP contribution in [0.3, 0.4) is 0 Å². The molecule has 2 heterocycles. The van der Waals surface area contributed by atoms with Gasteiger partial charge in [0.25, 0.3) is 5.91 Å². The summed E-state index contributed by atoms with van der Waals surface area (Å²) in [5.74, 6) is -0.823. The molecular formula is C15H16N4O3S2. The van der Waals surface area contributed by atoms with Gasteiger partial charge in [-0.3, -0.25) is 20.6 Å². The van der Waals surface area contributed by atoms with Crippen LogP contribution in [0, 0.1) is 0 Å². The van der Waals surface area contributed by atoms with Gasteiger partial charge in [-0.05, 0) is 36.8 Å². The number of thiocarbonyl (C=S) groups is 1.